The summed E-state index contributed by atoms with van der Waals surface area (Å²) in [5.74, 6) is 0.825. The van der Waals surface area contributed by atoms with E-state index >= 15 is 0 Å². The van der Waals surface area contributed by atoms with E-state index in [1.165, 1.54) is 43.8 Å². The molecule has 11 rings (SSSR count). The van der Waals surface area contributed by atoms with Gasteiger partial charge in [-0.05, 0) is 85.6 Å². The Bertz CT molecular complexity index is 3120. The Labute approximate surface area is 313 Å². The molecule has 8 aromatic carbocycles. The zero-order valence-corrected chi connectivity index (χ0v) is 30.1. The molecule has 0 atom stereocenters. The van der Waals surface area contributed by atoms with Crippen LogP contribution in [0.1, 0.15) is 25.0 Å². The number of aromatic nitrogens is 3. The molecule has 10 aromatic rings. The number of nitrogens with zero attached hydrogens (tertiary/aromatic N) is 3. The lowest BCUT2D eigenvalue weighted by Gasteiger charge is -2.22. The van der Waals surface area contributed by atoms with Gasteiger partial charge in [0.2, 0.25) is 0 Å². The van der Waals surface area contributed by atoms with Crippen molar-refractivity contribution in [2.45, 2.75) is 19.3 Å². The summed E-state index contributed by atoms with van der Waals surface area (Å²) in [6, 6.07) is 63.4. The summed E-state index contributed by atoms with van der Waals surface area (Å²) in [5.41, 5.74) is 15.5. The van der Waals surface area contributed by atoms with Crippen molar-refractivity contribution in [3.8, 4) is 50.5 Å². The summed E-state index contributed by atoms with van der Waals surface area (Å²) < 4.78 is 2.36. The SMILES string of the molecule is CC1(C)c2ccccc2-c2c(-c3nc4cc(-c5ccccc5)c(-c5ccccc5)cc4nc3-n3c4ccccc4c4cc5ccccc5cc43)cccc21. The third-order valence-electron chi connectivity index (χ3n) is 11.6. The van der Waals surface area contributed by atoms with E-state index in [9.17, 15) is 0 Å². The van der Waals surface area contributed by atoms with Gasteiger partial charge >= 0.3 is 0 Å². The number of rotatable bonds is 4. The van der Waals surface area contributed by atoms with Crippen molar-refractivity contribution in [2.75, 3.05) is 0 Å². The highest BCUT2D eigenvalue weighted by Gasteiger charge is 2.37. The van der Waals surface area contributed by atoms with Gasteiger partial charge in [0.25, 0.3) is 0 Å². The van der Waals surface area contributed by atoms with Crippen LogP contribution in [0, 0.1) is 0 Å². The Kier molecular flexibility index (Phi) is 6.60. The van der Waals surface area contributed by atoms with Gasteiger partial charge in [0.05, 0.1) is 22.1 Å². The third kappa shape index (κ3) is 4.48. The Morgan fingerprint density at radius 3 is 1.74 bits per heavy atom. The van der Waals surface area contributed by atoms with E-state index < -0.39 is 0 Å². The van der Waals surface area contributed by atoms with Crippen LogP contribution in [0.2, 0.25) is 0 Å². The first-order valence-corrected chi connectivity index (χ1v) is 18.7. The summed E-state index contributed by atoms with van der Waals surface area (Å²) in [7, 11) is 0. The van der Waals surface area contributed by atoms with Crippen molar-refractivity contribution in [3.63, 3.8) is 0 Å². The van der Waals surface area contributed by atoms with E-state index in [0.29, 0.717) is 0 Å². The average molecular weight is 690 g/mol. The van der Waals surface area contributed by atoms with Crippen LogP contribution < -0.4 is 0 Å². The van der Waals surface area contributed by atoms with Crippen LogP contribution in [-0.4, -0.2) is 14.5 Å². The molecule has 0 bridgehead atoms. The monoisotopic (exact) mass is 689 g/mol. The number of hydrogen-bond acceptors (Lipinski definition) is 2. The lowest BCUT2D eigenvalue weighted by molar-refractivity contribution is 0.660. The first-order chi connectivity index (χ1) is 26.5. The zero-order valence-electron chi connectivity index (χ0n) is 30.1. The Balaban J connectivity index is 1.30. The first-order valence-electron chi connectivity index (χ1n) is 18.7. The molecule has 2 heterocycles. The Morgan fingerprint density at radius 1 is 0.426 bits per heavy atom. The maximum Gasteiger partial charge on any atom is 0.165 e. The highest BCUT2D eigenvalue weighted by Crippen LogP contribution is 2.52. The molecule has 54 heavy (non-hydrogen) atoms. The molecule has 3 heteroatoms. The molecule has 3 nitrogen and oxygen atoms in total. The van der Waals surface area contributed by atoms with E-state index in [4.69, 9.17) is 9.97 Å². The molecule has 0 saturated carbocycles. The topological polar surface area (TPSA) is 30.7 Å². The zero-order chi connectivity index (χ0) is 36.0. The highest BCUT2D eigenvalue weighted by atomic mass is 15.1. The summed E-state index contributed by atoms with van der Waals surface area (Å²) in [6.07, 6.45) is 0. The summed E-state index contributed by atoms with van der Waals surface area (Å²) >= 11 is 0. The minimum Gasteiger partial charge on any atom is -0.292 e. The van der Waals surface area contributed by atoms with Crippen molar-refractivity contribution in [1.29, 1.82) is 0 Å². The van der Waals surface area contributed by atoms with Gasteiger partial charge < -0.3 is 0 Å². The molecule has 0 saturated heterocycles. The van der Waals surface area contributed by atoms with Crippen molar-refractivity contribution in [3.05, 3.63) is 187 Å². The lowest BCUT2D eigenvalue weighted by Crippen LogP contribution is -2.14. The molecule has 0 amide bonds. The first kappa shape index (κ1) is 30.8. The van der Waals surface area contributed by atoms with Crippen LogP contribution in [-0.2, 0) is 5.41 Å². The quantitative estimate of drug-likeness (QED) is 0.184. The minimum absolute atomic E-state index is 0.150. The average Bonchev–Trinajstić information content (AvgIpc) is 3.67. The Morgan fingerprint density at radius 2 is 1.00 bits per heavy atom. The second-order valence-electron chi connectivity index (χ2n) is 15.0. The predicted octanol–water partition coefficient (Wildman–Crippen LogP) is 13.2. The van der Waals surface area contributed by atoms with Crippen molar-refractivity contribution < 1.29 is 0 Å². The highest BCUT2D eigenvalue weighted by molar-refractivity contribution is 6.14. The Hall–Kier alpha value is -6.84. The molecule has 0 fully saturated rings. The van der Waals surface area contributed by atoms with Crippen molar-refractivity contribution >= 4 is 43.6 Å². The summed E-state index contributed by atoms with van der Waals surface area (Å²) in [4.78, 5) is 11.4. The predicted molar refractivity (Wildman–Crippen MR) is 225 cm³/mol. The molecule has 254 valence electrons. The summed E-state index contributed by atoms with van der Waals surface area (Å²) in [5, 5.41) is 4.81. The van der Waals surface area contributed by atoms with Gasteiger partial charge in [-0.3, -0.25) is 4.57 Å². The van der Waals surface area contributed by atoms with Crippen molar-refractivity contribution in [1.82, 2.24) is 14.5 Å². The smallest absolute Gasteiger partial charge is 0.165 e. The van der Waals surface area contributed by atoms with Gasteiger partial charge in [-0.15, -0.1) is 0 Å². The second-order valence-corrected chi connectivity index (χ2v) is 15.0. The van der Waals surface area contributed by atoms with Gasteiger partial charge in [-0.1, -0.05) is 159 Å². The molecular weight excluding hydrogens is 655 g/mol. The minimum atomic E-state index is -0.150. The summed E-state index contributed by atoms with van der Waals surface area (Å²) in [6.45, 7) is 4.67. The molecule has 2 aromatic heterocycles. The second kappa shape index (κ2) is 11.6. The molecule has 0 radical (unpaired) electrons. The normalized spacial score (nSPS) is 13.1. The standard InChI is InChI=1S/C51H35N3/c1-51(2)42-25-13-11-23-37(42)48-38(24-15-26-43(48)51)49-50(54-46-27-14-12-22-36(46)41-28-34-20-9-10-21-35(34)29-47(41)54)53-45-31-40(33-18-7-4-8-19-33)39(30-44(45)52-49)32-16-5-3-6-17-32/h3-31H,1-2H3. The van der Waals surface area contributed by atoms with Gasteiger partial charge in [-0.25, -0.2) is 9.97 Å². The third-order valence-corrected chi connectivity index (χ3v) is 11.6. The number of para-hydroxylation sites is 1. The fourth-order valence-corrected chi connectivity index (χ4v) is 8.98. The molecular formula is C51H35N3. The van der Waals surface area contributed by atoms with Gasteiger partial charge in [0, 0.05) is 21.8 Å². The largest absolute Gasteiger partial charge is 0.292 e. The van der Waals surface area contributed by atoms with E-state index in [1.807, 2.05) is 0 Å². The maximum atomic E-state index is 5.71. The molecule has 0 spiro atoms. The van der Waals surface area contributed by atoms with Crippen LogP contribution in [0.3, 0.4) is 0 Å². The molecule has 1 aliphatic carbocycles. The molecule has 0 aliphatic heterocycles. The van der Waals surface area contributed by atoms with Crippen LogP contribution in [0.5, 0.6) is 0 Å². The van der Waals surface area contributed by atoms with Crippen LogP contribution in [0.25, 0.3) is 94.1 Å². The van der Waals surface area contributed by atoms with E-state index in [2.05, 4.69) is 194 Å². The molecule has 0 N–H and O–H groups in total. The van der Waals surface area contributed by atoms with Gasteiger partial charge in [-0.2, -0.15) is 0 Å². The van der Waals surface area contributed by atoms with Gasteiger partial charge in [0.1, 0.15) is 5.69 Å². The van der Waals surface area contributed by atoms with Crippen LogP contribution >= 0.6 is 0 Å². The number of fused-ring (bicyclic) bond motifs is 8. The van der Waals surface area contributed by atoms with Gasteiger partial charge in [0.15, 0.2) is 5.82 Å². The van der Waals surface area contributed by atoms with Crippen LogP contribution in [0.4, 0.5) is 0 Å². The van der Waals surface area contributed by atoms with E-state index in [0.717, 1.165) is 61.4 Å². The number of hydrogen-bond donors (Lipinski definition) is 0. The van der Waals surface area contributed by atoms with Crippen molar-refractivity contribution in [2.24, 2.45) is 0 Å². The maximum absolute atomic E-state index is 5.71. The molecule has 1 aliphatic rings. The fraction of sp³-hybridized carbons (Fsp3) is 0.0588. The molecule has 0 unspecified atom stereocenters. The number of benzene rings is 8. The fourth-order valence-electron chi connectivity index (χ4n) is 8.98. The van der Waals surface area contributed by atoms with E-state index in [1.54, 1.807) is 0 Å². The van der Waals surface area contributed by atoms with Crippen LogP contribution in [0.15, 0.2) is 176 Å². The van der Waals surface area contributed by atoms with E-state index in [-0.39, 0.29) is 5.41 Å². The lowest BCUT2D eigenvalue weighted by atomic mass is 9.82.